The van der Waals surface area contributed by atoms with Gasteiger partial charge in [-0.2, -0.15) is 0 Å². The molecular weight excluding hydrogens is 413 g/mol. The Bertz CT molecular complexity index is 552. The molecule has 0 amide bonds. The van der Waals surface area contributed by atoms with Gasteiger partial charge in [-0.3, -0.25) is 4.99 Å². The van der Waals surface area contributed by atoms with Gasteiger partial charge in [-0.25, -0.2) is 4.98 Å². The van der Waals surface area contributed by atoms with Crippen molar-refractivity contribution >= 4 is 29.9 Å². The average Bonchev–Trinajstić information content (AvgIpc) is 3.26. The molecule has 0 spiro atoms. The van der Waals surface area contributed by atoms with Crippen LogP contribution in [0, 0.1) is 5.92 Å². The van der Waals surface area contributed by atoms with E-state index in [0.29, 0.717) is 12.0 Å². The van der Waals surface area contributed by atoms with Gasteiger partial charge in [0.25, 0.3) is 0 Å². The maximum Gasteiger partial charge on any atom is 0.193 e. The lowest BCUT2D eigenvalue weighted by molar-refractivity contribution is 0.189. The summed E-state index contributed by atoms with van der Waals surface area (Å²) in [6.45, 7) is 5.40. The van der Waals surface area contributed by atoms with E-state index in [1.54, 1.807) is 5.57 Å². The van der Waals surface area contributed by atoms with E-state index in [1.165, 1.54) is 25.7 Å². The van der Waals surface area contributed by atoms with Gasteiger partial charge in [0.15, 0.2) is 5.96 Å². The summed E-state index contributed by atoms with van der Waals surface area (Å²) in [5.41, 5.74) is 1.61. The molecule has 2 unspecified atom stereocenters. The molecule has 3 rings (SSSR count). The van der Waals surface area contributed by atoms with Gasteiger partial charge in [-0.15, -0.1) is 24.0 Å². The Morgan fingerprint density at radius 3 is 3.00 bits per heavy atom. The maximum absolute atomic E-state index is 4.50. The molecule has 2 aliphatic rings. The van der Waals surface area contributed by atoms with Crippen molar-refractivity contribution in [2.45, 2.75) is 45.1 Å². The lowest BCUT2D eigenvalue weighted by Crippen LogP contribution is -2.49. The number of nitrogens with zero attached hydrogens (tertiary/aromatic N) is 4. The minimum absolute atomic E-state index is 0. The summed E-state index contributed by atoms with van der Waals surface area (Å²) in [7, 11) is 1.89. The molecule has 24 heavy (non-hydrogen) atoms. The van der Waals surface area contributed by atoms with Crippen LogP contribution in [0.2, 0.25) is 0 Å². The molecule has 1 fully saturated rings. The number of aromatic nitrogens is 2. The second-order valence-electron chi connectivity index (χ2n) is 6.77. The summed E-state index contributed by atoms with van der Waals surface area (Å²) in [5, 5.41) is 3.56. The van der Waals surface area contributed by atoms with Crippen molar-refractivity contribution in [1.82, 2.24) is 19.8 Å². The quantitative estimate of drug-likeness (QED) is 0.336. The summed E-state index contributed by atoms with van der Waals surface area (Å²) >= 11 is 0. The Labute approximate surface area is 162 Å². The van der Waals surface area contributed by atoms with E-state index < -0.39 is 0 Å². The summed E-state index contributed by atoms with van der Waals surface area (Å²) in [6.07, 6.45) is 14.5. The van der Waals surface area contributed by atoms with Crippen molar-refractivity contribution in [3.8, 4) is 0 Å². The van der Waals surface area contributed by atoms with Crippen LogP contribution in [-0.2, 0) is 0 Å². The molecule has 0 saturated carbocycles. The molecule has 134 valence electrons. The minimum Gasteiger partial charge on any atom is -0.356 e. The standard InChI is InChI=1S/C18H29N5.HI/c1-15-8-11-22(13-17(15)23-12-10-20-14-23)18(19-2)21-9-7-16-5-3-4-6-16;/h5,10,12,14-15,17H,3-4,6-9,11,13H2,1-2H3,(H,19,21);1H. The highest BCUT2D eigenvalue weighted by molar-refractivity contribution is 14.0. The summed E-state index contributed by atoms with van der Waals surface area (Å²) < 4.78 is 2.24. The van der Waals surface area contributed by atoms with Crippen LogP contribution in [0.3, 0.4) is 0 Å². The summed E-state index contributed by atoms with van der Waals surface area (Å²) in [5.74, 6) is 1.71. The molecule has 1 N–H and O–H groups in total. The first-order valence-corrected chi connectivity index (χ1v) is 8.89. The van der Waals surface area contributed by atoms with Crippen LogP contribution in [0.15, 0.2) is 35.4 Å². The highest BCUT2D eigenvalue weighted by Gasteiger charge is 2.28. The number of allylic oxidation sites excluding steroid dienone is 1. The molecule has 1 saturated heterocycles. The number of piperidine rings is 1. The number of hydrogen-bond acceptors (Lipinski definition) is 2. The number of aliphatic imine (C=N–C) groups is 1. The van der Waals surface area contributed by atoms with Crippen LogP contribution in [0.1, 0.15) is 45.1 Å². The van der Waals surface area contributed by atoms with Gasteiger partial charge in [-0.05, 0) is 38.0 Å². The van der Waals surface area contributed by atoms with E-state index in [0.717, 1.165) is 32.0 Å². The van der Waals surface area contributed by atoms with Crippen LogP contribution in [0.25, 0.3) is 0 Å². The van der Waals surface area contributed by atoms with E-state index >= 15 is 0 Å². The van der Waals surface area contributed by atoms with Gasteiger partial charge in [-0.1, -0.05) is 18.6 Å². The van der Waals surface area contributed by atoms with Crippen molar-refractivity contribution in [3.05, 3.63) is 30.4 Å². The molecule has 1 aliphatic carbocycles. The fourth-order valence-electron chi connectivity index (χ4n) is 3.73. The van der Waals surface area contributed by atoms with Gasteiger partial charge in [0.1, 0.15) is 0 Å². The van der Waals surface area contributed by atoms with Crippen LogP contribution < -0.4 is 5.32 Å². The van der Waals surface area contributed by atoms with Gasteiger partial charge in [0, 0.05) is 39.1 Å². The first kappa shape index (κ1) is 19.3. The molecule has 5 nitrogen and oxygen atoms in total. The molecule has 2 heterocycles. The van der Waals surface area contributed by atoms with Crippen LogP contribution in [-0.4, -0.2) is 47.1 Å². The molecule has 0 bridgehead atoms. The molecule has 1 aromatic heterocycles. The first-order chi connectivity index (χ1) is 11.3. The molecule has 2 atom stereocenters. The lowest BCUT2D eigenvalue weighted by atomic mass is 9.93. The fourth-order valence-corrected chi connectivity index (χ4v) is 3.73. The summed E-state index contributed by atoms with van der Waals surface area (Å²) in [4.78, 5) is 11.1. The maximum atomic E-state index is 4.50. The molecular formula is C18H30IN5. The number of halogens is 1. The lowest BCUT2D eigenvalue weighted by Gasteiger charge is -2.39. The Balaban J connectivity index is 0.00000208. The van der Waals surface area contributed by atoms with Gasteiger partial charge >= 0.3 is 0 Å². The second-order valence-corrected chi connectivity index (χ2v) is 6.77. The Kier molecular flexibility index (Phi) is 7.58. The monoisotopic (exact) mass is 443 g/mol. The normalized spacial score (nSPS) is 24.5. The van der Waals surface area contributed by atoms with Crippen LogP contribution in [0.5, 0.6) is 0 Å². The molecule has 1 aromatic rings. The molecule has 0 radical (unpaired) electrons. The predicted molar refractivity (Wildman–Crippen MR) is 110 cm³/mol. The number of guanidine groups is 1. The third-order valence-electron chi connectivity index (χ3n) is 5.20. The Morgan fingerprint density at radius 2 is 2.33 bits per heavy atom. The van der Waals surface area contributed by atoms with Gasteiger partial charge in [0.2, 0.25) is 0 Å². The van der Waals surface area contributed by atoms with E-state index in [-0.39, 0.29) is 24.0 Å². The van der Waals surface area contributed by atoms with Crippen LogP contribution in [0.4, 0.5) is 0 Å². The van der Waals surface area contributed by atoms with Crippen molar-refractivity contribution in [2.75, 3.05) is 26.7 Å². The fraction of sp³-hybridized carbons (Fsp3) is 0.667. The topological polar surface area (TPSA) is 45.5 Å². The first-order valence-electron chi connectivity index (χ1n) is 8.89. The second kappa shape index (κ2) is 9.44. The third kappa shape index (κ3) is 4.74. The number of nitrogens with one attached hydrogen (secondary N) is 1. The Morgan fingerprint density at radius 1 is 1.46 bits per heavy atom. The average molecular weight is 443 g/mol. The number of hydrogen-bond donors (Lipinski definition) is 1. The number of likely N-dealkylation sites (tertiary alicyclic amines) is 1. The van der Waals surface area contributed by atoms with E-state index in [4.69, 9.17) is 0 Å². The Hall–Kier alpha value is -1.05. The van der Waals surface area contributed by atoms with E-state index in [9.17, 15) is 0 Å². The zero-order chi connectivity index (χ0) is 16.1. The van der Waals surface area contributed by atoms with E-state index in [1.807, 2.05) is 19.6 Å². The highest BCUT2D eigenvalue weighted by atomic mass is 127. The molecule has 0 aromatic carbocycles. The van der Waals surface area contributed by atoms with Gasteiger partial charge in [0.05, 0.1) is 12.4 Å². The van der Waals surface area contributed by atoms with Crippen molar-refractivity contribution in [2.24, 2.45) is 10.9 Å². The highest BCUT2D eigenvalue weighted by Crippen LogP contribution is 2.27. The molecule has 1 aliphatic heterocycles. The predicted octanol–water partition coefficient (Wildman–Crippen LogP) is 3.46. The van der Waals surface area contributed by atoms with E-state index in [2.05, 4.69) is 44.0 Å². The largest absolute Gasteiger partial charge is 0.356 e. The zero-order valence-electron chi connectivity index (χ0n) is 14.8. The van der Waals surface area contributed by atoms with Crippen LogP contribution >= 0.6 is 24.0 Å². The SMILES string of the molecule is CN=C(NCCC1=CCCC1)N1CCC(C)C(n2ccnc2)C1.I. The van der Waals surface area contributed by atoms with Gasteiger partial charge < -0.3 is 14.8 Å². The van der Waals surface area contributed by atoms with Crippen molar-refractivity contribution in [1.29, 1.82) is 0 Å². The van der Waals surface area contributed by atoms with Crippen molar-refractivity contribution in [3.63, 3.8) is 0 Å². The number of rotatable bonds is 4. The smallest absolute Gasteiger partial charge is 0.193 e. The number of imidazole rings is 1. The minimum atomic E-state index is 0. The molecule has 6 heteroatoms. The summed E-state index contributed by atoms with van der Waals surface area (Å²) in [6, 6.07) is 0.474. The van der Waals surface area contributed by atoms with Crippen molar-refractivity contribution < 1.29 is 0 Å². The zero-order valence-corrected chi connectivity index (χ0v) is 17.1. The third-order valence-corrected chi connectivity index (χ3v) is 5.20.